The molecule has 0 aromatic rings. The van der Waals surface area contributed by atoms with Gasteiger partial charge < -0.3 is 0 Å². The van der Waals surface area contributed by atoms with Crippen LogP contribution >= 0.6 is 16.5 Å². The number of rotatable bonds is 45. The van der Waals surface area contributed by atoms with Crippen LogP contribution in [-0.2, 0) is 0 Å². The van der Waals surface area contributed by atoms with Crippen LogP contribution in [0.1, 0.15) is 284 Å². The molecule has 0 spiro atoms. The second-order valence-electron chi connectivity index (χ2n) is 15.9. The number of unbranched alkanes of at least 4 members (excludes halogenated alkanes) is 40. The van der Waals surface area contributed by atoms with Crippen molar-refractivity contribution in [3.8, 4) is 0 Å². The Morgan fingerprint density at radius 3 is 0.438 bits per heavy atom. The van der Waals surface area contributed by atoms with Crippen LogP contribution in [0.5, 0.6) is 0 Å². The predicted molar refractivity (Wildman–Crippen MR) is 229 cm³/mol. The zero-order chi connectivity index (χ0) is 34.5. The number of hydrogen-bond donors (Lipinski definition) is 0. The van der Waals surface area contributed by atoms with Gasteiger partial charge >= 0.3 is 0 Å². The zero-order valence-corrected chi connectivity index (χ0v) is 35.8. The van der Waals surface area contributed by atoms with Crippen LogP contribution < -0.4 is 0 Å². The quantitative estimate of drug-likeness (QED) is 0.0436. The van der Waals surface area contributed by atoms with Gasteiger partial charge in [0.15, 0.2) is 0 Å². The lowest BCUT2D eigenvalue weighted by atomic mass is 10.0. The van der Waals surface area contributed by atoms with Crippen molar-refractivity contribution in [3.05, 3.63) is 0 Å². The van der Waals surface area contributed by atoms with Crippen molar-refractivity contribution in [1.29, 1.82) is 0 Å². The lowest BCUT2D eigenvalue weighted by Crippen LogP contribution is -1.85. The van der Waals surface area contributed by atoms with Gasteiger partial charge in [0.25, 0.3) is 0 Å². The van der Waals surface area contributed by atoms with Gasteiger partial charge in [-0.15, -0.1) is 0 Å². The second kappa shape index (κ2) is 47.9. The summed E-state index contributed by atoms with van der Waals surface area (Å²) in [5.41, 5.74) is 0. The average molecular weight is 709 g/mol. The van der Waals surface area contributed by atoms with E-state index in [9.17, 15) is 0 Å². The highest BCUT2D eigenvalue weighted by molar-refractivity contribution is 8.11. The minimum absolute atomic E-state index is 1.37. The topological polar surface area (TPSA) is 0 Å². The van der Waals surface area contributed by atoms with Crippen LogP contribution in [0.15, 0.2) is 0 Å². The van der Waals surface area contributed by atoms with E-state index in [0.717, 1.165) is 0 Å². The highest BCUT2D eigenvalue weighted by Crippen LogP contribution is 2.38. The van der Waals surface area contributed by atoms with Gasteiger partial charge in [0, 0.05) is 0 Å². The summed E-state index contributed by atoms with van der Waals surface area (Å²) in [6.07, 6.45) is 65.2. The molecular formula is C46H94P2. The van der Waals surface area contributed by atoms with E-state index >= 15 is 0 Å². The molecule has 0 aliphatic carbocycles. The number of hydrogen-bond acceptors (Lipinski definition) is 0. The van der Waals surface area contributed by atoms with Crippen LogP contribution in [0, 0.1) is 0 Å². The lowest BCUT2D eigenvalue weighted by Gasteiger charge is -2.05. The molecule has 0 saturated heterocycles. The normalized spacial score (nSPS) is 12.1. The van der Waals surface area contributed by atoms with Crippen LogP contribution in [0.25, 0.3) is 0 Å². The van der Waals surface area contributed by atoms with Crippen molar-refractivity contribution in [2.45, 2.75) is 284 Å². The van der Waals surface area contributed by atoms with Gasteiger partial charge in [0.05, 0.1) is 0 Å². The molecular weight excluding hydrogens is 614 g/mol. The van der Waals surface area contributed by atoms with Gasteiger partial charge in [-0.3, -0.25) is 0 Å². The third-order valence-corrected chi connectivity index (χ3v) is 13.9. The summed E-state index contributed by atoms with van der Waals surface area (Å²) in [6.45, 7) is 4.62. The summed E-state index contributed by atoms with van der Waals surface area (Å²) in [4.78, 5) is 0. The summed E-state index contributed by atoms with van der Waals surface area (Å²) in [5.74, 6) is 0. The van der Waals surface area contributed by atoms with E-state index in [2.05, 4.69) is 13.8 Å². The Kier molecular flexibility index (Phi) is 48.7. The maximum atomic E-state index is 2.31. The summed E-state index contributed by atoms with van der Waals surface area (Å²) in [7, 11) is 3.43. The van der Waals surface area contributed by atoms with Crippen LogP contribution in [-0.4, -0.2) is 12.3 Å². The summed E-state index contributed by atoms with van der Waals surface area (Å²) in [6, 6.07) is 0. The Balaban J connectivity index is 3.04. The van der Waals surface area contributed by atoms with Crippen LogP contribution in [0.2, 0.25) is 0 Å². The van der Waals surface area contributed by atoms with Crippen LogP contribution in [0.4, 0.5) is 0 Å². The Labute approximate surface area is 311 Å². The SMILES string of the molecule is CCCCCCCCCCCCCCCCCCCCCCC[P][P]CCCCCCCCCCCCCCCCCCCCCCC. The van der Waals surface area contributed by atoms with Gasteiger partial charge in [-0.05, 0) is 41.7 Å². The van der Waals surface area contributed by atoms with E-state index in [-0.39, 0.29) is 0 Å². The Bertz CT molecular complexity index is 474. The third kappa shape index (κ3) is 46.9. The first-order chi connectivity index (χ1) is 23.9. The molecule has 2 radical (unpaired) electrons. The molecule has 0 nitrogen and oxygen atoms in total. The van der Waals surface area contributed by atoms with Crippen molar-refractivity contribution in [2.75, 3.05) is 12.3 Å². The molecule has 0 unspecified atom stereocenters. The Morgan fingerprint density at radius 1 is 0.167 bits per heavy atom. The minimum atomic E-state index is 1.37. The molecule has 48 heavy (non-hydrogen) atoms. The van der Waals surface area contributed by atoms with Gasteiger partial charge in [-0.25, -0.2) is 0 Å². The molecule has 0 aliphatic rings. The molecule has 0 bridgehead atoms. The zero-order valence-electron chi connectivity index (χ0n) is 34.0. The van der Waals surface area contributed by atoms with Crippen molar-refractivity contribution >= 4 is 16.5 Å². The fraction of sp³-hybridized carbons (Fsp3) is 1.00. The molecule has 0 heterocycles. The summed E-state index contributed by atoms with van der Waals surface area (Å²) in [5, 5.41) is 0. The summed E-state index contributed by atoms with van der Waals surface area (Å²) < 4.78 is 0. The predicted octanol–water partition coefficient (Wildman–Crippen LogP) is 19.2. The smallest absolute Gasteiger partial charge is 0.0242 e. The van der Waals surface area contributed by atoms with Gasteiger partial charge in [-0.1, -0.05) is 271 Å². The first-order valence-electron chi connectivity index (χ1n) is 23.2. The van der Waals surface area contributed by atoms with E-state index in [0.29, 0.717) is 0 Å². The fourth-order valence-electron chi connectivity index (χ4n) is 7.37. The minimum Gasteiger partial charge on any atom is -0.0654 e. The van der Waals surface area contributed by atoms with E-state index in [4.69, 9.17) is 0 Å². The van der Waals surface area contributed by atoms with Crippen molar-refractivity contribution in [1.82, 2.24) is 0 Å². The lowest BCUT2D eigenvalue weighted by molar-refractivity contribution is 0.521. The second-order valence-corrected chi connectivity index (χ2v) is 19.0. The molecule has 0 aromatic heterocycles. The van der Waals surface area contributed by atoms with Crippen LogP contribution in [0.3, 0.4) is 0 Å². The maximum Gasteiger partial charge on any atom is -0.0242 e. The van der Waals surface area contributed by atoms with Crippen molar-refractivity contribution in [3.63, 3.8) is 0 Å². The first-order valence-corrected chi connectivity index (χ1v) is 26.1. The largest absolute Gasteiger partial charge is 0.0654 e. The molecule has 0 aromatic carbocycles. The first kappa shape index (κ1) is 48.9. The van der Waals surface area contributed by atoms with Gasteiger partial charge in [-0.2, -0.15) is 0 Å². The molecule has 0 fully saturated rings. The maximum absolute atomic E-state index is 2.31. The van der Waals surface area contributed by atoms with E-state index in [1.165, 1.54) is 282 Å². The third-order valence-electron chi connectivity index (χ3n) is 10.8. The van der Waals surface area contributed by atoms with Crippen molar-refractivity contribution in [2.24, 2.45) is 0 Å². The van der Waals surface area contributed by atoms with E-state index < -0.39 is 0 Å². The monoisotopic (exact) mass is 709 g/mol. The van der Waals surface area contributed by atoms with Crippen molar-refractivity contribution < 1.29 is 0 Å². The molecule has 2 heteroatoms. The van der Waals surface area contributed by atoms with Gasteiger partial charge in [0.2, 0.25) is 0 Å². The molecule has 0 atom stereocenters. The Morgan fingerprint density at radius 2 is 0.292 bits per heavy atom. The Hall–Kier alpha value is 0.860. The molecule has 0 amide bonds. The molecule has 0 N–H and O–H groups in total. The molecule has 0 rings (SSSR count). The average Bonchev–Trinajstić information content (AvgIpc) is 3.10. The van der Waals surface area contributed by atoms with E-state index in [1.54, 1.807) is 16.5 Å². The van der Waals surface area contributed by atoms with E-state index in [1.807, 2.05) is 0 Å². The highest BCUT2D eigenvalue weighted by Gasteiger charge is 1.99. The van der Waals surface area contributed by atoms with Gasteiger partial charge in [0.1, 0.15) is 0 Å². The standard InChI is InChI=1S/C46H94P2/c1-3-5-7-9-11-13-15-17-19-21-23-25-27-29-31-33-35-37-39-41-43-45-47-48-46-44-42-40-38-36-34-32-30-28-26-24-22-20-18-16-14-12-10-8-6-4-2/h3-46H2,1-2H3. The fourth-order valence-corrected chi connectivity index (χ4v) is 10.1. The molecule has 0 saturated carbocycles. The molecule has 0 aliphatic heterocycles. The summed E-state index contributed by atoms with van der Waals surface area (Å²) >= 11 is 0. The molecule has 288 valence electrons. The highest BCUT2D eigenvalue weighted by atomic mass is 32.0.